The molecule has 1 amide bonds. The summed E-state index contributed by atoms with van der Waals surface area (Å²) in [5.74, 6) is -0.125. The molecule has 0 aliphatic rings. The number of amides is 1. The fourth-order valence-electron chi connectivity index (χ4n) is 2.43. The Morgan fingerprint density at radius 3 is 2.78 bits per heavy atom. The molecule has 2 aromatic heterocycles. The minimum absolute atomic E-state index is 0.00864. The van der Waals surface area contributed by atoms with Crippen molar-refractivity contribution in [3.63, 3.8) is 0 Å². The predicted molar refractivity (Wildman–Crippen MR) is 91.5 cm³/mol. The predicted octanol–water partition coefficient (Wildman–Crippen LogP) is 2.68. The summed E-state index contributed by atoms with van der Waals surface area (Å²) in [5.41, 5.74) is 0.882. The van der Waals surface area contributed by atoms with Crippen LogP contribution in [-0.2, 0) is 11.3 Å². The van der Waals surface area contributed by atoms with E-state index < -0.39 is 0 Å². The van der Waals surface area contributed by atoms with Crippen LogP contribution in [0.5, 0.6) is 0 Å². The fraction of sp³-hybridized carbons (Fsp3) is 0.235. The first-order valence-electron chi connectivity index (χ1n) is 7.31. The van der Waals surface area contributed by atoms with Crippen LogP contribution in [0, 0.1) is 0 Å². The summed E-state index contributed by atoms with van der Waals surface area (Å²) in [6.45, 7) is 1.96. The quantitative estimate of drug-likeness (QED) is 0.740. The second kappa shape index (κ2) is 6.34. The molecule has 5 nitrogen and oxygen atoms in total. The van der Waals surface area contributed by atoms with Crippen LogP contribution in [0.1, 0.15) is 18.5 Å². The standard InChI is InChI=1S/C17H17N3O2S/c1-12(13-6-4-3-5-7-13)19(2)15(21)10-20-11-18-16-14(17(20)22)8-9-23-16/h3-9,11-12H,10H2,1-2H3. The van der Waals surface area contributed by atoms with Crippen LogP contribution in [0.3, 0.4) is 0 Å². The van der Waals surface area contributed by atoms with Gasteiger partial charge in [0.05, 0.1) is 17.8 Å². The average molecular weight is 327 g/mol. The zero-order valence-corrected chi connectivity index (χ0v) is 13.8. The van der Waals surface area contributed by atoms with E-state index in [4.69, 9.17) is 0 Å². The smallest absolute Gasteiger partial charge is 0.262 e. The molecule has 23 heavy (non-hydrogen) atoms. The summed E-state index contributed by atoms with van der Waals surface area (Å²) < 4.78 is 1.37. The molecule has 1 unspecified atom stereocenters. The molecule has 2 heterocycles. The van der Waals surface area contributed by atoms with Crippen molar-refractivity contribution in [3.8, 4) is 0 Å². The maximum absolute atomic E-state index is 12.5. The van der Waals surface area contributed by atoms with Crippen molar-refractivity contribution < 1.29 is 4.79 Å². The van der Waals surface area contributed by atoms with Gasteiger partial charge in [-0.3, -0.25) is 14.2 Å². The molecule has 1 atom stereocenters. The third kappa shape index (κ3) is 3.03. The van der Waals surface area contributed by atoms with Gasteiger partial charge in [-0.2, -0.15) is 0 Å². The van der Waals surface area contributed by atoms with Crippen molar-refractivity contribution in [1.82, 2.24) is 14.5 Å². The minimum atomic E-state index is -0.176. The van der Waals surface area contributed by atoms with Gasteiger partial charge in [-0.1, -0.05) is 30.3 Å². The molecule has 0 fully saturated rings. The van der Waals surface area contributed by atoms with Gasteiger partial charge < -0.3 is 4.90 Å². The Morgan fingerprint density at radius 2 is 2.04 bits per heavy atom. The number of fused-ring (bicyclic) bond motifs is 1. The van der Waals surface area contributed by atoms with Crippen LogP contribution in [-0.4, -0.2) is 27.4 Å². The van der Waals surface area contributed by atoms with Crippen molar-refractivity contribution in [2.75, 3.05) is 7.05 Å². The van der Waals surface area contributed by atoms with E-state index in [1.807, 2.05) is 42.6 Å². The summed E-state index contributed by atoms with van der Waals surface area (Å²) in [7, 11) is 1.75. The van der Waals surface area contributed by atoms with E-state index in [2.05, 4.69) is 4.98 Å². The van der Waals surface area contributed by atoms with Crippen LogP contribution in [0.2, 0.25) is 0 Å². The number of likely N-dealkylation sites (N-methyl/N-ethyl adjacent to an activating group) is 1. The van der Waals surface area contributed by atoms with E-state index in [1.165, 1.54) is 22.2 Å². The van der Waals surface area contributed by atoms with Gasteiger partial charge >= 0.3 is 0 Å². The van der Waals surface area contributed by atoms with E-state index in [0.717, 1.165) is 5.56 Å². The molecular weight excluding hydrogens is 310 g/mol. The summed E-state index contributed by atoms with van der Waals surface area (Å²) >= 11 is 1.42. The van der Waals surface area contributed by atoms with E-state index >= 15 is 0 Å². The van der Waals surface area contributed by atoms with Gasteiger partial charge in [0.2, 0.25) is 5.91 Å². The fourth-order valence-corrected chi connectivity index (χ4v) is 3.16. The number of carbonyl (C=O) groups excluding carboxylic acids is 1. The number of rotatable bonds is 4. The summed E-state index contributed by atoms with van der Waals surface area (Å²) in [5, 5.41) is 2.39. The number of thiophene rings is 1. The van der Waals surface area contributed by atoms with Crippen molar-refractivity contribution in [2.24, 2.45) is 0 Å². The molecule has 0 spiro atoms. The molecule has 0 saturated heterocycles. The van der Waals surface area contributed by atoms with Crippen LogP contribution in [0.25, 0.3) is 10.2 Å². The van der Waals surface area contributed by atoms with Gasteiger partial charge in [0, 0.05) is 7.05 Å². The highest BCUT2D eigenvalue weighted by Crippen LogP contribution is 2.18. The molecular formula is C17H17N3O2S. The molecule has 6 heteroatoms. The lowest BCUT2D eigenvalue weighted by molar-refractivity contribution is -0.132. The zero-order valence-electron chi connectivity index (χ0n) is 13.0. The molecule has 3 aromatic rings. The highest BCUT2D eigenvalue weighted by atomic mass is 32.1. The van der Waals surface area contributed by atoms with E-state index in [-0.39, 0.29) is 24.1 Å². The Hall–Kier alpha value is -2.47. The number of hydrogen-bond donors (Lipinski definition) is 0. The van der Waals surface area contributed by atoms with Crippen LogP contribution >= 0.6 is 11.3 Å². The van der Waals surface area contributed by atoms with Gasteiger partial charge in [0.1, 0.15) is 11.4 Å². The monoisotopic (exact) mass is 327 g/mol. The Bertz CT molecular complexity index is 885. The molecule has 0 N–H and O–H groups in total. The highest BCUT2D eigenvalue weighted by Gasteiger charge is 2.18. The van der Waals surface area contributed by atoms with Gasteiger partial charge in [0.15, 0.2) is 0 Å². The maximum atomic E-state index is 12.5. The second-order valence-electron chi connectivity index (χ2n) is 5.41. The van der Waals surface area contributed by atoms with Crippen molar-refractivity contribution >= 4 is 27.5 Å². The molecule has 118 valence electrons. The first-order valence-corrected chi connectivity index (χ1v) is 8.19. The van der Waals surface area contributed by atoms with Crippen LogP contribution in [0.4, 0.5) is 0 Å². The minimum Gasteiger partial charge on any atom is -0.337 e. The molecule has 0 saturated carbocycles. The van der Waals surface area contributed by atoms with Crippen molar-refractivity contribution in [2.45, 2.75) is 19.5 Å². The molecule has 0 aliphatic carbocycles. The van der Waals surface area contributed by atoms with Gasteiger partial charge in [-0.15, -0.1) is 11.3 Å². The average Bonchev–Trinajstić information content (AvgIpc) is 3.06. The molecule has 0 aliphatic heterocycles. The number of hydrogen-bond acceptors (Lipinski definition) is 4. The second-order valence-corrected chi connectivity index (χ2v) is 6.30. The zero-order chi connectivity index (χ0) is 16.4. The molecule has 3 rings (SSSR count). The number of carbonyl (C=O) groups is 1. The third-order valence-corrected chi connectivity index (χ3v) is 4.83. The van der Waals surface area contributed by atoms with Crippen molar-refractivity contribution in [3.05, 3.63) is 64.0 Å². The molecule has 0 radical (unpaired) electrons. The van der Waals surface area contributed by atoms with Gasteiger partial charge in [-0.25, -0.2) is 4.98 Å². The highest BCUT2D eigenvalue weighted by molar-refractivity contribution is 7.16. The first-order chi connectivity index (χ1) is 11.1. The SMILES string of the molecule is CC(c1ccccc1)N(C)C(=O)Cn1cnc2sccc2c1=O. The van der Waals surface area contributed by atoms with Crippen molar-refractivity contribution in [1.29, 1.82) is 0 Å². The Kier molecular flexibility index (Phi) is 4.25. The van der Waals surface area contributed by atoms with E-state index in [0.29, 0.717) is 10.2 Å². The lowest BCUT2D eigenvalue weighted by Crippen LogP contribution is -2.35. The topological polar surface area (TPSA) is 55.2 Å². The van der Waals surface area contributed by atoms with Gasteiger partial charge in [-0.05, 0) is 23.9 Å². The summed E-state index contributed by atoms with van der Waals surface area (Å²) in [6, 6.07) is 11.5. The summed E-state index contributed by atoms with van der Waals surface area (Å²) in [6.07, 6.45) is 1.44. The number of aromatic nitrogens is 2. The molecule has 1 aromatic carbocycles. The Labute approximate surface area is 137 Å². The normalized spacial score (nSPS) is 12.3. The van der Waals surface area contributed by atoms with Crippen LogP contribution < -0.4 is 5.56 Å². The van der Waals surface area contributed by atoms with E-state index in [9.17, 15) is 9.59 Å². The third-order valence-electron chi connectivity index (χ3n) is 4.01. The lowest BCUT2D eigenvalue weighted by Gasteiger charge is -2.25. The maximum Gasteiger partial charge on any atom is 0.262 e. The van der Waals surface area contributed by atoms with Crippen LogP contribution in [0.15, 0.2) is 52.9 Å². The Balaban J connectivity index is 1.80. The largest absolute Gasteiger partial charge is 0.337 e. The summed E-state index contributed by atoms with van der Waals surface area (Å²) in [4.78, 5) is 31.4. The lowest BCUT2D eigenvalue weighted by atomic mass is 10.1. The van der Waals surface area contributed by atoms with E-state index in [1.54, 1.807) is 18.0 Å². The van der Waals surface area contributed by atoms with Gasteiger partial charge in [0.25, 0.3) is 5.56 Å². The Morgan fingerprint density at radius 1 is 1.30 bits per heavy atom. The number of benzene rings is 1. The molecule has 0 bridgehead atoms. The first kappa shape index (κ1) is 15.4. The number of nitrogens with zero attached hydrogens (tertiary/aromatic N) is 3.